The monoisotopic (exact) mass is 483 g/mol. The topological polar surface area (TPSA) is 86.8 Å². The van der Waals surface area contributed by atoms with Gasteiger partial charge in [0.1, 0.15) is 0 Å². The highest BCUT2D eigenvalue weighted by atomic mass is 32.2. The lowest BCUT2D eigenvalue weighted by Gasteiger charge is -2.34. The molecule has 0 aliphatic carbocycles. The number of nitrogens with zero attached hydrogens (tertiary/aromatic N) is 2. The number of anilines is 1. The zero-order valence-corrected chi connectivity index (χ0v) is 20.1. The number of carbonyl (C=O) groups is 2. The maximum atomic E-state index is 13.0. The molecule has 1 aliphatic rings. The molecule has 2 aromatic carbocycles. The van der Waals surface area contributed by atoms with Crippen LogP contribution >= 0.6 is 11.3 Å². The van der Waals surface area contributed by atoms with Crippen molar-refractivity contribution >= 4 is 38.9 Å². The van der Waals surface area contributed by atoms with Crippen molar-refractivity contribution in [3.8, 4) is 0 Å². The molecule has 1 N–H and O–H groups in total. The van der Waals surface area contributed by atoms with Crippen LogP contribution in [-0.2, 0) is 10.0 Å². The molecular weight excluding hydrogens is 458 g/mol. The predicted octanol–water partition coefficient (Wildman–Crippen LogP) is 3.76. The van der Waals surface area contributed by atoms with Gasteiger partial charge in [-0.3, -0.25) is 14.3 Å². The average molecular weight is 484 g/mol. The maximum absolute atomic E-state index is 13.0. The van der Waals surface area contributed by atoms with E-state index >= 15 is 0 Å². The Morgan fingerprint density at radius 2 is 1.52 bits per heavy atom. The summed E-state index contributed by atoms with van der Waals surface area (Å²) in [6.07, 6.45) is 0. The van der Waals surface area contributed by atoms with Gasteiger partial charge in [0.15, 0.2) is 0 Å². The van der Waals surface area contributed by atoms with E-state index in [1.165, 1.54) is 23.5 Å². The third-order valence-electron chi connectivity index (χ3n) is 5.47. The Balaban J connectivity index is 1.43. The molecule has 9 heteroatoms. The second kappa shape index (κ2) is 9.36. The SMILES string of the molecule is Cc1cccc(NS(=O)(=O)c2cccc(C(=O)N3CCN(C(=O)c4ccc(C)s4)CC3)c2)c1. The predicted molar refractivity (Wildman–Crippen MR) is 129 cm³/mol. The van der Waals surface area contributed by atoms with Crippen LogP contribution in [0.5, 0.6) is 0 Å². The summed E-state index contributed by atoms with van der Waals surface area (Å²) in [5.74, 6) is -0.266. The van der Waals surface area contributed by atoms with Gasteiger partial charge in [-0.15, -0.1) is 11.3 Å². The fourth-order valence-corrected chi connectivity index (χ4v) is 5.65. The molecule has 0 atom stereocenters. The van der Waals surface area contributed by atoms with E-state index in [9.17, 15) is 18.0 Å². The van der Waals surface area contributed by atoms with E-state index in [2.05, 4.69) is 4.72 Å². The molecule has 0 saturated carbocycles. The van der Waals surface area contributed by atoms with Gasteiger partial charge in [-0.1, -0.05) is 18.2 Å². The molecule has 0 unspecified atom stereocenters. The van der Waals surface area contributed by atoms with E-state index in [0.29, 0.717) is 42.3 Å². The van der Waals surface area contributed by atoms with Crippen LogP contribution in [0.25, 0.3) is 0 Å². The molecule has 7 nitrogen and oxygen atoms in total. The highest BCUT2D eigenvalue weighted by Gasteiger charge is 2.27. The smallest absolute Gasteiger partial charge is 0.264 e. The van der Waals surface area contributed by atoms with Crippen molar-refractivity contribution in [2.45, 2.75) is 18.7 Å². The minimum absolute atomic E-state index is 0.0180. The van der Waals surface area contributed by atoms with E-state index in [1.54, 1.807) is 40.1 Å². The number of piperazine rings is 1. The van der Waals surface area contributed by atoms with Gasteiger partial charge in [0.2, 0.25) is 0 Å². The minimum Gasteiger partial charge on any atom is -0.335 e. The second-order valence-corrected chi connectivity index (χ2v) is 11.0. The third kappa shape index (κ3) is 5.26. The van der Waals surface area contributed by atoms with E-state index in [4.69, 9.17) is 0 Å². The van der Waals surface area contributed by atoms with Gasteiger partial charge >= 0.3 is 0 Å². The van der Waals surface area contributed by atoms with Crippen LogP contribution < -0.4 is 4.72 Å². The highest BCUT2D eigenvalue weighted by Crippen LogP contribution is 2.21. The zero-order valence-electron chi connectivity index (χ0n) is 18.4. The first-order chi connectivity index (χ1) is 15.7. The molecule has 2 amide bonds. The van der Waals surface area contributed by atoms with Crippen LogP contribution in [0.2, 0.25) is 0 Å². The molecule has 1 aromatic heterocycles. The molecule has 1 saturated heterocycles. The molecule has 33 heavy (non-hydrogen) atoms. The summed E-state index contributed by atoms with van der Waals surface area (Å²) >= 11 is 1.46. The quantitative estimate of drug-likeness (QED) is 0.599. The normalized spacial score (nSPS) is 14.2. The van der Waals surface area contributed by atoms with Crippen molar-refractivity contribution in [1.82, 2.24) is 9.80 Å². The van der Waals surface area contributed by atoms with E-state index in [-0.39, 0.29) is 16.7 Å². The first-order valence-electron chi connectivity index (χ1n) is 10.6. The molecule has 1 fully saturated rings. The van der Waals surface area contributed by atoms with E-state index in [1.807, 2.05) is 32.0 Å². The van der Waals surface area contributed by atoms with Crippen molar-refractivity contribution in [3.63, 3.8) is 0 Å². The Morgan fingerprint density at radius 3 is 2.15 bits per heavy atom. The van der Waals surface area contributed by atoms with Crippen molar-refractivity contribution < 1.29 is 18.0 Å². The fourth-order valence-electron chi connectivity index (χ4n) is 3.72. The molecular formula is C24H25N3O4S2. The molecule has 0 spiro atoms. The van der Waals surface area contributed by atoms with Gasteiger partial charge in [-0.2, -0.15) is 0 Å². The lowest BCUT2D eigenvalue weighted by Crippen LogP contribution is -2.50. The van der Waals surface area contributed by atoms with Gasteiger partial charge in [-0.25, -0.2) is 8.42 Å². The number of sulfonamides is 1. The fraction of sp³-hybridized carbons (Fsp3) is 0.250. The first-order valence-corrected chi connectivity index (χ1v) is 12.9. The maximum Gasteiger partial charge on any atom is 0.264 e. The summed E-state index contributed by atoms with van der Waals surface area (Å²) < 4.78 is 28.2. The summed E-state index contributed by atoms with van der Waals surface area (Å²) in [6, 6.07) is 16.9. The van der Waals surface area contributed by atoms with Gasteiger partial charge in [0.05, 0.1) is 9.77 Å². The zero-order chi connectivity index (χ0) is 23.6. The number of carbonyl (C=O) groups excluding carboxylic acids is 2. The Labute approximate surface area is 197 Å². The molecule has 4 rings (SSSR count). The number of hydrogen-bond donors (Lipinski definition) is 1. The number of amides is 2. The molecule has 2 heterocycles. The highest BCUT2D eigenvalue weighted by molar-refractivity contribution is 7.92. The Morgan fingerprint density at radius 1 is 0.848 bits per heavy atom. The number of hydrogen-bond acceptors (Lipinski definition) is 5. The van der Waals surface area contributed by atoms with E-state index in [0.717, 1.165) is 10.4 Å². The number of rotatable bonds is 5. The van der Waals surface area contributed by atoms with Gasteiger partial charge in [0.25, 0.3) is 21.8 Å². The van der Waals surface area contributed by atoms with Crippen LogP contribution in [0.4, 0.5) is 5.69 Å². The van der Waals surface area contributed by atoms with Crippen molar-refractivity contribution in [1.29, 1.82) is 0 Å². The summed E-state index contributed by atoms with van der Waals surface area (Å²) in [7, 11) is -3.84. The Bertz CT molecular complexity index is 1290. The van der Waals surface area contributed by atoms with Crippen molar-refractivity contribution in [3.05, 3.63) is 81.5 Å². The van der Waals surface area contributed by atoms with E-state index < -0.39 is 10.0 Å². The summed E-state index contributed by atoms with van der Waals surface area (Å²) in [5.41, 5.74) is 1.70. The molecule has 0 radical (unpaired) electrons. The largest absolute Gasteiger partial charge is 0.335 e. The van der Waals surface area contributed by atoms with Crippen LogP contribution in [-0.4, -0.2) is 56.2 Å². The molecule has 3 aromatic rings. The Hall–Kier alpha value is -3.17. The average Bonchev–Trinajstić information content (AvgIpc) is 3.24. The lowest BCUT2D eigenvalue weighted by atomic mass is 10.2. The third-order valence-corrected chi connectivity index (χ3v) is 7.83. The molecule has 1 aliphatic heterocycles. The van der Waals surface area contributed by atoms with Gasteiger partial charge in [0, 0.05) is 42.3 Å². The minimum atomic E-state index is -3.84. The second-order valence-electron chi connectivity index (χ2n) is 8.00. The van der Waals surface area contributed by atoms with Crippen LogP contribution in [0.15, 0.2) is 65.6 Å². The number of nitrogens with one attached hydrogen (secondary N) is 1. The summed E-state index contributed by atoms with van der Waals surface area (Å²) in [5, 5.41) is 0. The van der Waals surface area contributed by atoms with Gasteiger partial charge < -0.3 is 9.80 Å². The van der Waals surface area contributed by atoms with Crippen LogP contribution in [0.3, 0.4) is 0 Å². The number of benzene rings is 2. The molecule has 172 valence electrons. The first kappa shape index (κ1) is 23.0. The summed E-state index contributed by atoms with van der Waals surface area (Å²) in [6.45, 7) is 5.51. The van der Waals surface area contributed by atoms with Crippen molar-refractivity contribution in [2.75, 3.05) is 30.9 Å². The standard InChI is InChI=1S/C24H25N3O4S2/c1-17-5-3-7-20(15-17)25-33(30,31)21-8-4-6-19(16-21)23(28)26-11-13-27(14-12-26)24(29)22-10-9-18(2)32-22/h3-10,15-16,25H,11-14H2,1-2H3. The summed E-state index contributed by atoms with van der Waals surface area (Å²) in [4.78, 5) is 30.9. The van der Waals surface area contributed by atoms with Crippen LogP contribution in [0.1, 0.15) is 30.5 Å². The number of thiophene rings is 1. The van der Waals surface area contributed by atoms with Gasteiger partial charge in [-0.05, 0) is 61.9 Å². The Kier molecular flexibility index (Phi) is 6.53. The molecule has 0 bridgehead atoms. The lowest BCUT2D eigenvalue weighted by molar-refractivity contribution is 0.0538. The van der Waals surface area contributed by atoms with Crippen molar-refractivity contribution in [2.24, 2.45) is 0 Å². The van der Waals surface area contributed by atoms with Crippen LogP contribution in [0, 0.1) is 13.8 Å². The number of aryl methyl sites for hydroxylation is 2.